The number of nitrogens with one attached hydrogen (secondary N) is 4. The van der Waals surface area contributed by atoms with Gasteiger partial charge in [-0.25, -0.2) is 13.1 Å². The van der Waals surface area contributed by atoms with Gasteiger partial charge < -0.3 is 25.2 Å². The molecule has 0 saturated heterocycles. The molecule has 196 valence electrons. The molecule has 14 nitrogen and oxygen atoms in total. The summed E-state index contributed by atoms with van der Waals surface area (Å²) in [6, 6.07) is 6.34. The fourth-order valence-electron chi connectivity index (χ4n) is 3.35. The Balaban J connectivity index is 1.67. The zero-order valence-electron chi connectivity index (χ0n) is 20.9. The molecule has 0 aliphatic heterocycles. The van der Waals surface area contributed by atoms with Crippen LogP contribution in [0.2, 0.25) is 0 Å². The van der Waals surface area contributed by atoms with Gasteiger partial charge in [0, 0.05) is 12.0 Å². The molecule has 1 aliphatic carbocycles. The predicted octanol–water partition coefficient (Wildman–Crippen LogP) is -0.477. The third-order valence-corrected chi connectivity index (χ3v) is 5.89. The average Bonchev–Trinajstić information content (AvgIpc) is 3.59. The normalized spacial score (nSPS) is 13.5. The van der Waals surface area contributed by atoms with Crippen LogP contribution < -0.4 is 25.4 Å². The summed E-state index contributed by atoms with van der Waals surface area (Å²) < 4.78 is 35.7. The second kappa shape index (κ2) is 11.1. The van der Waals surface area contributed by atoms with Crippen molar-refractivity contribution in [1.29, 1.82) is 0 Å². The van der Waals surface area contributed by atoms with E-state index in [1.54, 1.807) is 18.2 Å². The van der Waals surface area contributed by atoms with Crippen LogP contribution in [0.25, 0.3) is 11.4 Å². The van der Waals surface area contributed by atoms with E-state index in [9.17, 15) is 18.0 Å². The van der Waals surface area contributed by atoms with E-state index < -0.39 is 21.2 Å². The molecule has 0 bridgehead atoms. The highest BCUT2D eigenvalue weighted by molar-refractivity contribution is 7.88. The quantitative estimate of drug-likeness (QED) is 0.228. The molecule has 4 N–H and O–H groups in total. The number of hydrogen-bond acceptors (Lipinski definition) is 11. The SMILES string of the molecule is [B]C([B])([B])NC(=O)c1nnc(NC(=O)C2CC2)cc1Nc1cccc(-c2noc(CNS(C)(=O)=O)n2)c1OC. The summed E-state index contributed by atoms with van der Waals surface area (Å²) in [6.45, 7) is -0.201. The second-order valence-electron chi connectivity index (χ2n) is 8.76. The van der Waals surface area contributed by atoms with Crippen LogP contribution in [0.15, 0.2) is 28.8 Å². The maximum Gasteiger partial charge on any atom is 0.272 e. The second-order valence-corrected chi connectivity index (χ2v) is 10.6. The van der Waals surface area contributed by atoms with Crippen LogP contribution in [0, 0.1) is 5.92 Å². The minimum Gasteiger partial charge on any atom is -0.494 e. The molecule has 2 amide bonds. The van der Waals surface area contributed by atoms with Gasteiger partial charge >= 0.3 is 0 Å². The first-order valence-electron chi connectivity index (χ1n) is 11.4. The van der Waals surface area contributed by atoms with Crippen molar-refractivity contribution < 1.29 is 27.3 Å². The molecule has 0 spiro atoms. The number of carbonyl (C=O) groups is 2. The van der Waals surface area contributed by atoms with Crippen LogP contribution in [0.3, 0.4) is 0 Å². The Bertz CT molecular complexity index is 1510. The molecule has 2 heterocycles. The summed E-state index contributed by atoms with van der Waals surface area (Å²) in [6.07, 6.45) is 2.56. The molecule has 1 fully saturated rings. The van der Waals surface area contributed by atoms with E-state index in [-0.39, 0.29) is 53.0 Å². The zero-order valence-corrected chi connectivity index (χ0v) is 21.7. The lowest BCUT2D eigenvalue weighted by Gasteiger charge is -2.23. The molecule has 3 aromatic rings. The zero-order chi connectivity index (χ0) is 28.4. The van der Waals surface area contributed by atoms with E-state index in [0.717, 1.165) is 19.1 Å². The average molecular weight is 546 g/mol. The van der Waals surface area contributed by atoms with Crippen molar-refractivity contribution >= 4 is 62.6 Å². The first-order valence-corrected chi connectivity index (χ1v) is 13.3. The number of para-hydroxylation sites is 1. The predicted molar refractivity (Wildman–Crippen MR) is 142 cm³/mol. The summed E-state index contributed by atoms with van der Waals surface area (Å²) in [5.74, 6) is -0.659. The van der Waals surface area contributed by atoms with Gasteiger partial charge in [-0.2, -0.15) is 4.98 Å². The number of anilines is 3. The number of rotatable bonds is 11. The molecule has 0 atom stereocenters. The minimum atomic E-state index is -3.47. The van der Waals surface area contributed by atoms with E-state index in [0.29, 0.717) is 11.3 Å². The Morgan fingerprint density at radius 2 is 1.92 bits per heavy atom. The standard InChI is InChI=1S/C21H21B3N8O6S/c1-37-17-11(18-28-15(38-32-18)9-25-39(2,35)36)4-3-5-12(17)26-13-8-14(27-19(33)10-6-7-10)30-31-16(13)20(34)29-21(22,23)24/h3-5,8,10,25H,6-7,9H2,1-2H3,(H,29,34)(H2,26,27,30,33). The van der Waals surface area contributed by atoms with Crippen LogP contribution in [0.5, 0.6) is 5.75 Å². The highest BCUT2D eigenvalue weighted by Crippen LogP contribution is 2.37. The molecule has 39 heavy (non-hydrogen) atoms. The van der Waals surface area contributed by atoms with Gasteiger partial charge in [-0.15, -0.1) is 10.2 Å². The van der Waals surface area contributed by atoms with Crippen LogP contribution >= 0.6 is 0 Å². The Morgan fingerprint density at radius 3 is 2.56 bits per heavy atom. The van der Waals surface area contributed by atoms with Crippen LogP contribution in [-0.2, 0) is 21.4 Å². The molecular weight excluding hydrogens is 525 g/mol. The first-order chi connectivity index (χ1) is 18.3. The lowest BCUT2D eigenvalue weighted by atomic mass is 9.49. The first kappa shape index (κ1) is 28.1. The number of hydrogen-bond donors (Lipinski definition) is 4. The van der Waals surface area contributed by atoms with E-state index in [1.165, 1.54) is 13.2 Å². The third-order valence-electron chi connectivity index (χ3n) is 5.22. The molecule has 1 aromatic carbocycles. The van der Waals surface area contributed by atoms with Gasteiger partial charge in [0.05, 0.1) is 60.4 Å². The van der Waals surface area contributed by atoms with Crippen molar-refractivity contribution in [2.24, 2.45) is 5.92 Å². The Kier molecular flexibility index (Phi) is 7.97. The van der Waals surface area contributed by atoms with Crippen molar-refractivity contribution in [3.05, 3.63) is 35.9 Å². The number of nitrogens with zero attached hydrogens (tertiary/aromatic N) is 4. The Hall–Kier alpha value is -3.92. The van der Waals surface area contributed by atoms with Gasteiger partial charge in [0.15, 0.2) is 17.3 Å². The van der Waals surface area contributed by atoms with E-state index in [4.69, 9.17) is 32.8 Å². The summed E-state index contributed by atoms with van der Waals surface area (Å²) in [7, 11) is 14.5. The van der Waals surface area contributed by atoms with Gasteiger partial charge in [0.25, 0.3) is 5.91 Å². The fraction of sp³-hybridized carbons (Fsp3) is 0.333. The molecule has 1 aliphatic rings. The topological polar surface area (TPSA) is 190 Å². The number of sulfonamides is 1. The van der Waals surface area contributed by atoms with Gasteiger partial charge in [-0.1, -0.05) is 16.5 Å². The summed E-state index contributed by atoms with van der Waals surface area (Å²) in [5.41, 5.74) is 0.611. The van der Waals surface area contributed by atoms with Crippen LogP contribution in [-0.4, -0.2) is 82.7 Å². The number of carbonyl (C=O) groups excluding carboxylic acids is 2. The van der Waals surface area contributed by atoms with E-state index in [1.807, 2.05) is 0 Å². The maximum absolute atomic E-state index is 12.8. The summed E-state index contributed by atoms with van der Waals surface area (Å²) >= 11 is 0. The fourth-order valence-corrected chi connectivity index (χ4v) is 3.74. The largest absolute Gasteiger partial charge is 0.494 e. The molecule has 4 rings (SSSR count). The lowest BCUT2D eigenvalue weighted by Crippen LogP contribution is -2.50. The summed E-state index contributed by atoms with van der Waals surface area (Å²) in [4.78, 5) is 29.3. The highest BCUT2D eigenvalue weighted by atomic mass is 32.2. The number of aromatic nitrogens is 4. The van der Waals surface area contributed by atoms with Crippen molar-refractivity contribution in [1.82, 2.24) is 30.4 Å². The molecular formula is C21H21B3N8O6S. The number of benzene rings is 1. The monoisotopic (exact) mass is 546 g/mol. The van der Waals surface area contributed by atoms with Crippen molar-refractivity contribution in [3.8, 4) is 17.1 Å². The van der Waals surface area contributed by atoms with Gasteiger partial charge in [0.2, 0.25) is 27.6 Å². The third kappa shape index (κ3) is 7.57. The van der Waals surface area contributed by atoms with Gasteiger partial charge in [0.1, 0.15) is 0 Å². The van der Waals surface area contributed by atoms with Crippen molar-refractivity contribution in [2.45, 2.75) is 24.6 Å². The van der Waals surface area contributed by atoms with Gasteiger partial charge in [-0.3, -0.25) is 9.59 Å². The molecule has 1 saturated carbocycles. The van der Waals surface area contributed by atoms with Crippen LogP contribution in [0.1, 0.15) is 29.2 Å². The van der Waals surface area contributed by atoms with E-state index in [2.05, 4.69) is 41.0 Å². The minimum absolute atomic E-state index is 0.0259. The number of methoxy groups -OCH3 is 1. The smallest absolute Gasteiger partial charge is 0.272 e. The van der Waals surface area contributed by atoms with Gasteiger partial charge in [-0.05, 0) is 25.0 Å². The van der Waals surface area contributed by atoms with Crippen LogP contribution in [0.4, 0.5) is 17.2 Å². The number of amides is 2. The van der Waals surface area contributed by atoms with E-state index >= 15 is 0 Å². The maximum atomic E-state index is 12.8. The summed E-state index contributed by atoms with van der Waals surface area (Å²) in [5, 5.41) is 17.6. The molecule has 18 heteroatoms. The van der Waals surface area contributed by atoms with Crippen molar-refractivity contribution in [3.63, 3.8) is 0 Å². The molecule has 2 aromatic heterocycles. The number of ether oxygens (including phenoxy) is 1. The molecule has 6 radical (unpaired) electrons. The Labute approximate surface area is 227 Å². The van der Waals surface area contributed by atoms with Crippen molar-refractivity contribution in [2.75, 3.05) is 24.0 Å². The lowest BCUT2D eigenvalue weighted by molar-refractivity contribution is -0.117. The Morgan fingerprint density at radius 1 is 1.18 bits per heavy atom. The highest BCUT2D eigenvalue weighted by Gasteiger charge is 2.30. The molecule has 0 unspecified atom stereocenters.